The largest absolute Gasteiger partial charge is 0.394 e. The van der Waals surface area contributed by atoms with Gasteiger partial charge in [-0.25, -0.2) is 0 Å². The zero-order valence-corrected chi connectivity index (χ0v) is 12.0. The van der Waals surface area contributed by atoms with E-state index in [-0.39, 0.29) is 0 Å². The molecule has 0 amide bonds. The average Bonchev–Trinajstić information content (AvgIpc) is 2.40. The number of aliphatic hydroxyl groups is 8. The van der Waals surface area contributed by atoms with E-state index in [1.165, 1.54) is 0 Å². The molecule has 0 saturated carbocycles. The summed E-state index contributed by atoms with van der Waals surface area (Å²) in [6, 6.07) is 0. The van der Waals surface area contributed by atoms with E-state index in [0.717, 1.165) is 0 Å². The van der Waals surface area contributed by atoms with Crippen LogP contribution in [0.25, 0.3) is 0 Å². The zero-order valence-electron chi connectivity index (χ0n) is 10.3. The first kappa shape index (κ1) is 20.3. The highest BCUT2D eigenvalue weighted by molar-refractivity contribution is 7.81. The summed E-state index contributed by atoms with van der Waals surface area (Å²) in [6.45, 7) is -1.04. The van der Waals surface area contributed by atoms with Crippen LogP contribution in [0.4, 0.5) is 0 Å². The Labute approximate surface area is 125 Å². The van der Waals surface area contributed by atoms with Crippen molar-refractivity contribution in [2.75, 3.05) is 13.2 Å². The molecule has 122 valence electrons. The van der Waals surface area contributed by atoms with Crippen LogP contribution < -0.4 is 0 Å². The van der Waals surface area contributed by atoms with Gasteiger partial charge in [-0.05, 0) is 0 Å². The molecule has 20 heavy (non-hydrogen) atoms. The van der Waals surface area contributed by atoms with Crippen molar-refractivity contribution in [3.63, 3.8) is 0 Å². The molecule has 3 unspecified atom stereocenters. The summed E-state index contributed by atoms with van der Waals surface area (Å²) >= 11 is 6.95. The Balaban J connectivity index is 0.000000441. The number of rotatable bonds is 3. The minimum Gasteiger partial charge on any atom is -0.394 e. The standard InChI is InChI=1S/C6H12O6S.C3H8O3S/c7-1-2-3(8)4(9)5(10)6(11,13)12-2;4-1-2(5)3(6)7/h2-5,7-11,13H,1H2;2-7H,1H2/t2-,3-,4+,5-,6?;/m1./s1. The van der Waals surface area contributed by atoms with Crippen LogP contribution in [0, 0.1) is 0 Å². The Bertz CT molecular complexity index is 276. The van der Waals surface area contributed by atoms with Crippen molar-refractivity contribution in [2.24, 2.45) is 0 Å². The van der Waals surface area contributed by atoms with Crippen LogP contribution in [0.2, 0.25) is 0 Å². The molecule has 1 rings (SSSR count). The molecule has 9 nitrogen and oxygen atoms in total. The molecule has 1 fully saturated rings. The van der Waals surface area contributed by atoms with Gasteiger partial charge in [-0.2, -0.15) is 0 Å². The molecule has 0 radical (unpaired) electrons. The second-order valence-electron chi connectivity index (χ2n) is 4.09. The molecular weight excluding hydrogens is 316 g/mol. The van der Waals surface area contributed by atoms with Gasteiger partial charge >= 0.3 is 0 Å². The summed E-state index contributed by atoms with van der Waals surface area (Å²) in [4.78, 5) is 0. The van der Waals surface area contributed by atoms with Crippen molar-refractivity contribution in [1.29, 1.82) is 0 Å². The second-order valence-corrected chi connectivity index (χ2v) is 5.26. The van der Waals surface area contributed by atoms with Crippen molar-refractivity contribution in [3.8, 4) is 0 Å². The lowest BCUT2D eigenvalue weighted by molar-refractivity contribution is -0.304. The SMILES string of the molecule is OCC(O)C(O)S.OC[C@H]1OC(O)(S)[C@H](O)[C@@H](O)[C@@H]1O. The molecule has 1 heterocycles. The average molecular weight is 336 g/mol. The van der Waals surface area contributed by atoms with Crippen molar-refractivity contribution in [2.45, 2.75) is 41.1 Å². The molecule has 1 aliphatic rings. The Hall–Kier alpha value is 0.340. The van der Waals surface area contributed by atoms with Crippen LogP contribution in [-0.4, -0.2) is 95.1 Å². The molecule has 1 saturated heterocycles. The quantitative estimate of drug-likeness (QED) is 0.180. The van der Waals surface area contributed by atoms with Gasteiger partial charge in [0.2, 0.25) is 5.12 Å². The molecule has 0 aromatic carbocycles. The smallest absolute Gasteiger partial charge is 0.243 e. The van der Waals surface area contributed by atoms with Crippen LogP contribution in [0.5, 0.6) is 0 Å². The number of hydrogen-bond acceptors (Lipinski definition) is 11. The lowest BCUT2D eigenvalue weighted by Crippen LogP contribution is -2.62. The minimum absolute atomic E-state index is 0.454. The van der Waals surface area contributed by atoms with Gasteiger partial charge in [0.15, 0.2) is 0 Å². The lowest BCUT2D eigenvalue weighted by Gasteiger charge is -2.42. The molecule has 0 bridgehead atoms. The van der Waals surface area contributed by atoms with Gasteiger partial charge in [-0.15, -0.1) is 25.3 Å². The zero-order chi connectivity index (χ0) is 16.1. The number of ether oxygens (including phenoxy) is 1. The topological polar surface area (TPSA) is 171 Å². The van der Waals surface area contributed by atoms with E-state index in [4.69, 9.17) is 25.5 Å². The Morgan fingerprint density at radius 1 is 1.10 bits per heavy atom. The summed E-state index contributed by atoms with van der Waals surface area (Å²) < 4.78 is 4.63. The van der Waals surface area contributed by atoms with Gasteiger partial charge in [0, 0.05) is 0 Å². The first-order chi connectivity index (χ1) is 9.08. The van der Waals surface area contributed by atoms with Gasteiger partial charge in [-0.1, -0.05) is 0 Å². The maximum Gasteiger partial charge on any atom is 0.243 e. The molecule has 0 spiro atoms. The van der Waals surface area contributed by atoms with E-state index in [2.05, 4.69) is 30.0 Å². The molecular formula is C9H20O9S2. The summed E-state index contributed by atoms with van der Waals surface area (Å²) in [5.41, 5.74) is -1.13. The third-order valence-corrected chi connectivity index (χ3v) is 3.19. The van der Waals surface area contributed by atoms with E-state index >= 15 is 0 Å². The van der Waals surface area contributed by atoms with Crippen molar-refractivity contribution in [3.05, 3.63) is 0 Å². The van der Waals surface area contributed by atoms with Gasteiger partial charge < -0.3 is 45.6 Å². The Kier molecular flexibility index (Phi) is 8.85. The Morgan fingerprint density at radius 2 is 1.60 bits per heavy atom. The number of thiol groups is 2. The van der Waals surface area contributed by atoms with E-state index in [0.29, 0.717) is 0 Å². The molecule has 1 aliphatic heterocycles. The summed E-state index contributed by atoms with van der Waals surface area (Å²) in [5.74, 6) is 0. The summed E-state index contributed by atoms with van der Waals surface area (Å²) in [7, 11) is 0. The minimum atomic E-state index is -2.26. The number of aliphatic hydroxyl groups excluding tert-OH is 7. The first-order valence-electron chi connectivity index (χ1n) is 5.51. The first-order valence-corrected chi connectivity index (χ1v) is 6.47. The van der Waals surface area contributed by atoms with Gasteiger partial charge in [0.1, 0.15) is 36.0 Å². The van der Waals surface area contributed by atoms with E-state index < -0.39 is 54.3 Å². The normalized spacial score (nSPS) is 40.5. The third kappa shape index (κ3) is 5.61. The van der Waals surface area contributed by atoms with Crippen molar-refractivity contribution < 1.29 is 45.6 Å². The van der Waals surface area contributed by atoms with Crippen LogP contribution >= 0.6 is 25.3 Å². The highest BCUT2D eigenvalue weighted by Crippen LogP contribution is 2.30. The van der Waals surface area contributed by atoms with Crippen LogP contribution in [0.1, 0.15) is 0 Å². The predicted molar refractivity (Wildman–Crippen MR) is 72.0 cm³/mol. The van der Waals surface area contributed by atoms with Crippen molar-refractivity contribution >= 4 is 25.3 Å². The molecule has 0 aliphatic carbocycles. The third-order valence-electron chi connectivity index (χ3n) is 2.48. The fourth-order valence-corrected chi connectivity index (χ4v) is 1.61. The fourth-order valence-electron chi connectivity index (χ4n) is 1.23. The van der Waals surface area contributed by atoms with Crippen molar-refractivity contribution in [1.82, 2.24) is 0 Å². The maximum atomic E-state index is 9.24. The fraction of sp³-hybridized carbons (Fsp3) is 1.00. The van der Waals surface area contributed by atoms with Crippen LogP contribution in [0.15, 0.2) is 0 Å². The second kappa shape index (κ2) is 8.70. The van der Waals surface area contributed by atoms with Gasteiger partial charge in [0.05, 0.1) is 13.2 Å². The molecule has 0 aromatic rings. The van der Waals surface area contributed by atoms with E-state index in [9.17, 15) is 15.3 Å². The van der Waals surface area contributed by atoms with Crippen LogP contribution in [-0.2, 0) is 4.74 Å². The lowest BCUT2D eigenvalue weighted by atomic mass is 9.99. The predicted octanol–water partition coefficient (Wildman–Crippen LogP) is -4.38. The Morgan fingerprint density at radius 3 is 1.90 bits per heavy atom. The highest BCUT2D eigenvalue weighted by atomic mass is 32.1. The summed E-state index contributed by atoms with van der Waals surface area (Å²) in [5, 5.41) is 67.9. The van der Waals surface area contributed by atoms with Gasteiger partial charge in [0.25, 0.3) is 0 Å². The molecule has 7 atom stereocenters. The number of hydrogen-bond donors (Lipinski definition) is 10. The maximum absolute atomic E-state index is 9.24. The van der Waals surface area contributed by atoms with E-state index in [1.54, 1.807) is 0 Å². The monoisotopic (exact) mass is 336 g/mol. The highest BCUT2D eigenvalue weighted by Gasteiger charge is 2.50. The molecule has 8 N–H and O–H groups in total. The van der Waals surface area contributed by atoms with Crippen LogP contribution in [0.3, 0.4) is 0 Å². The van der Waals surface area contributed by atoms with Gasteiger partial charge in [-0.3, -0.25) is 0 Å². The molecule has 0 aromatic heterocycles. The summed E-state index contributed by atoms with van der Waals surface area (Å²) in [6.07, 6.45) is -7.07. The molecule has 11 heteroatoms. The van der Waals surface area contributed by atoms with E-state index in [1.807, 2.05) is 0 Å².